The summed E-state index contributed by atoms with van der Waals surface area (Å²) < 4.78 is 21.7. The number of hydrogen-bond donors (Lipinski definition) is 0. The lowest BCUT2D eigenvalue weighted by Gasteiger charge is -2.40. The highest BCUT2D eigenvalue weighted by atomic mass is 35.5. The largest absolute Gasteiger partial charge is 0.490 e. The molecular formula is C44H48ClFN8O5. The van der Waals surface area contributed by atoms with Crippen LogP contribution in [0.2, 0.25) is 5.02 Å². The van der Waals surface area contributed by atoms with E-state index in [4.69, 9.17) is 26.6 Å². The van der Waals surface area contributed by atoms with Crippen LogP contribution in [-0.4, -0.2) is 119 Å². The number of halogens is 2. The molecule has 9 rings (SSSR count). The smallest absolute Gasteiger partial charge is 0.256 e. The van der Waals surface area contributed by atoms with E-state index in [-0.39, 0.29) is 55.2 Å². The van der Waals surface area contributed by atoms with Gasteiger partial charge in [0, 0.05) is 83.5 Å². The molecule has 0 bridgehead atoms. The number of likely N-dealkylation sites (tertiary alicyclic amines) is 1. The summed E-state index contributed by atoms with van der Waals surface area (Å²) in [4.78, 5) is 68.0. The number of amides is 4. The van der Waals surface area contributed by atoms with E-state index < -0.39 is 11.9 Å². The first-order valence-electron chi connectivity index (χ1n) is 20.9. The molecule has 6 aliphatic rings. The number of anilines is 2. The average molecular weight is 823 g/mol. The van der Waals surface area contributed by atoms with Crippen molar-refractivity contribution in [2.75, 3.05) is 62.7 Å². The number of hydrogen-bond acceptors (Lipinski definition) is 10. The molecule has 15 heteroatoms. The van der Waals surface area contributed by atoms with Crippen molar-refractivity contribution in [1.29, 1.82) is 5.26 Å². The van der Waals surface area contributed by atoms with Gasteiger partial charge in [0.05, 0.1) is 40.2 Å². The molecule has 0 N–H and O–H groups in total. The Balaban J connectivity index is 0.732. The Bertz CT molecular complexity index is 2230. The van der Waals surface area contributed by atoms with Gasteiger partial charge in [-0.1, -0.05) is 11.6 Å². The third-order valence-electron chi connectivity index (χ3n) is 13.4. The van der Waals surface area contributed by atoms with E-state index in [1.165, 1.54) is 18.0 Å². The summed E-state index contributed by atoms with van der Waals surface area (Å²) >= 11 is 6.20. The highest BCUT2D eigenvalue weighted by molar-refractivity contribution is 6.31. The van der Waals surface area contributed by atoms with Gasteiger partial charge in [-0.3, -0.25) is 29.0 Å². The Morgan fingerprint density at radius 3 is 2.31 bits per heavy atom. The lowest BCUT2D eigenvalue weighted by molar-refractivity contribution is -0.150. The number of piperazine rings is 1. The van der Waals surface area contributed by atoms with Crippen molar-refractivity contribution in [2.45, 2.75) is 82.6 Å². The summed E-state index contributed by atoms with van der Waals surface area (Å²) in [7, 11) is 1.44. The van der Waals surface area contributed by atoms with Gasteiger partial charge in [0.1, 0.15) is 29.5 Å². The third kappa shape index (κ3) is 7.59. The predicted octanol–water partition coefficient (Wildman–Crippen LogP) is 5.23. The van der Waals surface area contributed by atoms with Gasteiger partial charge < -0.3 is 24.3 Å². The molecule has 59 heavy (non-hydrogen) atoms. The van der Waals surface area contributed by atoms with Crippen LogP contribution in [0.3, 0.4) is 0 Å². The maximum atomic E-state index is 15.5. The average Bonchev–Trinajstić information content (AvgIpc) is 3.75. The van der Waals surface area contributed by atoms with E-state index in [0.29, 0.717) is 64.3 Å². The lowest BCUT2D eigenvalue weighted by atomic mass is 9.92. The fourth-order valence-corrected chi connectivity index (χ4v) is 10.1. The summed E-state index contributed by atoms with van der Waals surface area (Å²) in [5.41, 5.74) is 3.48. The number of fused-ring (bicyclic) bond motifs is 2. The fourth-order valence-electron chi connectivity index (χ4n) is 9.90. The molecule has 4 amide bonds. The van der Waals surface area contributed by atoms with Crippen LogP contribution in [0.1, 0.15) is 88.9 Å². The molecule has 1 atom stereocenters. The molecule has 1 aromatic heterocycles. The maximum absolute atomic E-state index is 15.5. The van der Waals surface area contributed by atoms with E-state index in [1.807, 2.05) is 17.0 Å². The van der Waals surface area contributed by atoms with Gasteiger partial charge in [0.15, 0.2) is 0 Å². The Morgan fingerprint density at radius 2 is 1.58 bits per heavy atom. The summed E-state index contributed by atoms with van der Waals surface area (Å²) in [5.74, 6) is 0.761. The molecule has 1 aliphatic carbocycles. The first-order chi connectivity index (χ1) is 28.5. The van der Waals surface area contributed by atoms with Crippen LogP contribution in [0.5, 0.6) is 5.75 Å². The Kier molecular flexibility index (Phi) is 10.7. The number of nitriles is 1. The number of aromatic nitrogens is 1. The van der Waals surface area contributed by atoms with E-state index in [1.54, 1.807) is 24.3 Å². The second-order valence-corrected chi connectivity index (χ2v) is 17.3. The third-order valence-corrected chi connectivity index (χ3v) is 13.7. The second kappa shape index (κ2) is 16.1. The van der Waals surface area contributed by atoms with Crippen molar-refractivity contribution < 1.29 is 28.3 Å². The number of carbonyl (C=O) groups excluding carboxylic acids is 4. The van der Waals surface area contributed by atoms with Gasteiger partial charge in [-0.05, 0) is 92.8 Å². The highest BCUT2D eigenvalue weighted by Crippen LogP contribution is 2.36. The summed E-state index contributed by atoms with van der Waals surface area (Å²) in [6.45, 7) is 6.53. The molecule has 2 aromatic carbocycles. The van der Waals surface area contributed by atoms with Crippen LogP contribution in [0, 0.1) is 23.1 Å². The minimum Gasteiger partial charge on any atom is -0.490 e. The first-order valence-corrected chi connectivity index (χ1v) is 21.3. The highest BCUT2D eigenvalue weighted by Gasteiger charge is 2.42. The molecule has 0 radical (unpaired) electrons. The molecule has 5 aliphatic heterocycles. The normalized spacial score (nSPS) is 24.2. The van der Waals surface area contributed by atoms with Crippen molar-refractivity contribution >= 4 is 46.7 Å². The number of piperidine rings is 2. The number of carbonyl (C=O) groups is 4. The van der Waals surface area contributed by atoms with Crippen LogP contribution in [0.25, 0.3) is 0 Å². The molecule has 3 aromatic rings. The van der Waals surface area contributed by atoms with Gasteiger partial charge in [0.25, 0.3) is 17.7 Å². The van der Waals surface area contributed by atoms with Crippen molar-refractivity contribution in [3.8, 4) is 11.8 Å². The maximum Gasteiger partial charge on any atom is 0.256 e. The van der Waals surface area contributed by atoms with Crippen LogP contribution in [0.15, 0.2) is 42.5 Å². The van der Waals surface area contributed by atoms with Crippen LogP contribution >= 0.6 is 11.6 Å². The summed E-state index contributed by atoms with van der Waals surface area (Å²) in [5, 5.41) is 9.53. The molecule has 0 spiro atoms. The number of benzene rings is 2. The first kappa shape index (κ1) is 39.2. The summed E-state index contributed by atoms with van der Waals surface area (Å²) in [6, 6.07) is 13.7. The molecule has 1 saturated carbocycles. The number of pyridine rings is 1. The van der Waals surface area contributed by atoms with E-state index in [2.05, 4.69) is 20.8 Å². The van der Waals surface area contributed by atoms with Gasteiger partial charge in [-0.25, -0.2) is 9.37 Å². The summed E-state index contributed by atoms with van der Waals surface area (Å²) in [6.07, 6.45) is 5.97. The molecule has 13 nitrogen and oxygen atoms in total. The van der Waals surface area contributed by atoms with Crippen LogP contribution < -0.4 is 14.5 Å². The zero-order chi connectivity index (χ0) is 40.9. The van der Waals surface area contributed by atoms with Crippen molar-refractivity contribution in [2.24, 2.45) is 5.92 Å². The number of ether oxygens (including phenoxy) is 1. The standard InChI is InChI=1S/C44H48ClFN8O5/c1-49-41(55)11-9-38(44(49)58)54-25-29-20-39(36(46)22-34(29)43(54)57)51-18-16-50(17-19-51)24-27-12-14-52(15-13-27)40-10-8-33-37(48-40)26-53(42(33)56)30-3-6-31(7-4-30)59-32-5-2-28(23-47)35(45)21-32/h2,5,8,10,20-22,27,30-31,38H,3-4,6-7,9,11-19,24-26H2,1H3. The van der Waals surface area contributed by atoms with Crippen molar-refractivity contribution in [3.05, 3.63) is 81.3 Å². The number of nitrogens with zero attached hydrogens (tertiary/aromatic N) is 8. The van der Waals surface area contributed by atoms with Crippen LogP contribution in [0.4, 0.5) is 15.9 Å². The number of likely N-dealkylation sites (N-methyl/N-ethyl adjacent to an activating group) is 1. The van der Waals surface area contributed by atoms with Crippen molar-refractivity contribution in [1.82, 2.24) is 24.6 Å². The zero-order valence-electron chi connectivity index (χ0n) is 33.2. The molecule has 3 saturated heterocycles. The second-order valence-electron chi connectivity index (χ2n) is 16.9. The minimum atomic E-state index is -0.714. The predicted molar refractivity (Wildman–Crippen MR) is 218 cm³/mol. The Morgan fingerprint density at radius 1 is 0.831 bits per heavy atom. The van der Waals surface area contributed by atoms with Crippen molar-refractivity contribution in [3.63, 3.8) is 0 Å². The molecule has 4 fully saturated rings. The van der Waals surface area contributed by atoms with Gasteiger partial charge in [-0.15, -0.1) is 0 Å². The quantitative estimate of drug-likeness (QED) is 0.278. The topological polar surface area (TPSA) is 134 Å². The van der Waals surface area contributed by atoms with E-state index >= 15 is 4.39 Å². The zero-order valence-corrected chi connectivity index (χ0v) is 34.0. The minimum absolute atomic E-state index is 0.0365. The molecule has 1 unspecified atom stereocenters. The molecule has 6 heterocycles. The van der Waals surface area contributed by atoms with E-state index in [9.17, 15) is 19.2 Å². The Labute approximate surface area is 348 Å². The number of imide groups is 1. The van der Waals surface area contributed by atoms with Gasteiger partial charge in [0.2, 0.25) is 5.91 Å². The monoisotopic (exact) mass is 822 g/mol. The molecule has 308 valence electrons. The Hall–Kier alpha value is -5.26. The lowest BCUT2D eigenvalue weighted by Crippen LogP contribution is -2.53. The number of rotatable bonds is 8. The van der Waals surface area contributed by atoms with E-state index in [0.717, 1.165) is 87.7 Å². The van der Waals surface area contributed by atoms with Gasteiger partial charge >= 0.3 is 0 Å². The fraction of sp³-hybridized carbons (Fsp3) is 0.500. The van der Waals surface area contributed by atoms with Gasteiger partial charge in [-0.2, -0.15) is 5.26 Å². The van der Waals surface area contributed by atoms with Crippen LogP contribution in [-0.2, 0) is 22.7 Å². The molecular weight excluding hydrogens is 775 g/mol. The SMILES string of the molecule is CN1C(=O)CCC(N2Cc3cc(N4CCN(CC5CCN(c6ccc7c(n6)CN(C6CCC(Oc8ccc(C#N)c(Cl)c8)CC6)C7=O)CC5)CC4)c(F)cc3C2=O)C1=O.